The number of fused-ring (bicyclic) bond motifs is 1. The molecule has 0 saturated heterocycles. The maximum atomic E-state index is 8.49. The number of rotatable bonds is 4. The third-order valence-corrected chi connectivity index (χ3v) is 2.74. The lowest BCUT2D eigenvalue weighted by Crippen LogP contribution is -2.68. The van der Waals surface area contributed by atoms with Crippen LogP contribution < -0.4 is 32.8 Å². The number of methoxy groups -OCH3 is 2. The Balaban J connectivity index is 0.000000463. The fourth-order valence-corrected chi connectivity index (χ4v) is 1.89. The van der Waals surface area contributed by atoms with E-state index in [1.807, 2.05) is 32.0 Å². The fourth-order valence-electron chi connectivity index (χ4n) is 1.89. The number of halogens is 1. The minimum Gasteiger partial charge on any atom is -0.493 e. The Morgan fingerprint density at radius 2 is 1.61 bits per heavy atom. The highest BCUT2D eigenvalue weighted by Gasteiger charge is 2.16. The number of ether oxygens (including phenoxy) is 3. The van der Waals surface area contributed by atoms with Gasteiger partial charge in [0.1, 0.15) is 0 Å². The molecule has 8 nitrogen and oxygen atoms in total. The molecule has 0 atom stereocenters. The molecule has 0 radical (unpaired) electrons. The van der Waals surface area contributed by atoms with Gasteiger partial charge in [-0.1, -0.05) is 0 Å². The maximum Gasteiger partial charge on any atom is 0.518 e. The van der Waals surface area contributed by atoms with E-state index in [4.69, 9.17) is 37.3 Å². The molecule has 1 aromatic carbocycles. The second-order valence-corrected chi connectivity index (χ2v) is 4.98. The van der Waals surface area contributed by atoms with E-state index in [0.29, 0.717) is 18.3 Å². The first kappa shape index (κ1) is 19.2. The van der Waals surface area contributed by atoms with Crippen molar-refractivity contribution < 1.29 is 47.5 Å². The Kier molecular flexibility index (Phi) is 6.79. The highest BCUT2D eigenvalue weighted by Crippen LogP contribution is 2.35. The summed E-state index contributed by atoms with van der Waals surface area (Å²) in [6.07, 6.45) is 0. The van der Waals surface area contributed by atoms with Crippen LogP contribution in [0.1, 0.15) is 12.7 Å². The Labute approximate surface area is 135 Å². The molecule has 0 spiro atoms. The van der Waals surface area contributed by atoms with Crippen LogP contribution in [0.25, 0.3) is 10.8 Å². The van der Waals surface area contributed by atoms with Gasteiger partial charge in [-0.15, -0.1) is 10.2 Å². The Morgan fingerprint density at radius 1 is 1.00 bits per heavy atom. The second-order valence-electron chi connectivity index (χ2n) is 4.23. The van der Waals surface area contributed by atoms with Crippen LogP contribution in [0, 0.1) is 17.2 Å². The van der Waals surface area contributed by atoms with Gasteiger partial charge < -0.3 is 14.2 Å². The third kappa shape index (κ3) is 6.05. The van der Waals surface area contributed by atoms with Gasteiger partial charge in [0, 0.05) is 12.3 Å². The molecule has 2 rings (SSSR count). The summed E-state index contributed by atoms with van der Waals surface area (Å²) < 4.78 is 55.5. The normalized spacial score (nSPS) is 10.8. The summed E-state index contributed by atoms with van der Waals surface area (Å²) in [5, 5.41) is 1.98. The van der Waals surface area contributed by atoms with Crippen LogP contribution in [-0.4, -0.2) is 20.8 Å². The van der Waals surface area contributed by atoms with Gasteiger partial charge in [-0.25, -0.2) is 18.6 Å². The molecule has 0 aliphatic heterocycles. The second kappa shape index (κ2) is 8.14. The first-order chi connectivity index (χ1) is 10.7. The van der Waals surface area contributed by atoms with Gasteiger partial charge >= 0.3 is 5.95 Å². The van der Waals surface area contributed by atoms with Crippen LogP contribution in [0.5, 0.6) is 17.4 Å². The van der Waals surface area contributed by atoms with Gasteiger partial charge in [0.05, 0.1) is 25.2 Å². The summed E-state index contributed by atoms with van der Waals surface area (Å²) in [6.45, 7) is 4.43. The van der Waals surface area contributed by atoms with E-state index in [-0.39, 0.29) is 0 Å². The summed E-state index contributed by atoms with van der Waals surface area (Å²) in [5.74, 6) is 2.69. The van der Waals surface area contributed by atoms with Crippen LogP contribution in [0.4, 0.5) is 0 Å². The van der Waals surface area contributed by atoms with Crippen molar-refractivity contribution in [2.24, 2.45) is 0 Å². The van der Waals surface area contributed by atoms with Crippen LogP contribution in [-0.2, 0) is 0 Å². The number of benzene rings is 1. The van der Waals surface area contributed by atoms with Gasteiger partial charge in [0.15, 0.2) is 18.6 Å². The summed E-state index contributed by atoms with van der Waals surface area (Å²) in [5.41, 5.74) is 0. The quantitative estimate of drug-likeness (QED) is 0.622. The van der Waals surface area contributed by atoms with E-state index in [0.717, 1.165) is 22.3 Å². The van der Waals surface area contributed by atoms with Crippen molar-refractivity contribution in [3.63, 3.8) is 0 Å². The van der Waals surface area contributed by atoms with Gasteiger partial charge in [-0.05, 0) is 19.1 Å². The lowest BCUT2D eigenvalue weighted by molar-refractivity contribution is -2.00. The SMILES string of the molecule is CCOc1cc2c(C)[o+]c(OC)cc2cc1OC.[O-][Cl+3]([O-])([O-])[O-]. The molecular formula is C14H17ClO8. The molecule has 1 aromatic heterocycles. The van der Waals surface area contributed by atoms with E-state index in [2.05, 4.69) is 0 Å². The first-order valence-electron chi connectivity index (χ1n) is 6.43. The van der Waals surface area contributed by atoms with Crippen molar-refractivity contribution in [3.05, 3.63) is 24.0 Å². The fraction of sp³-hybridized carbons (Fsp3) is 0.357. The molecule has 0 aliphatic rings. The van der Waals surface area contributed by atoms with E-state index in [9.17, 15) is 0 Å². The lowest BCUT2D eigenvalue weighted by atomic mass is 10.1. The van der Waals surface area contributed by atoms with Crippen molar-refractivity contribution in [2.45, 2.75) is 13.8 Å². The highest BCUT2D eigenvalue weighted by molar-refractivity contribution is 5.88. The Morgan fingerprint density at radius 3 is 2.09 bits per heavy atom. The predicted octanol–water partition coefficient (Wildman–Crippen LogP) is -1.32. The summed E-state index contributed by atoms with van der Waals surface area (Å²) in [4.78, 5) is 0. The topological polar surface area (TPSA) is 131 Å². The summed E-state index contributed by atoms with van der Waals surface area (Å²) in [7, 11) is -1.74. The average Bonchev–Trinajstić information content (AvgIpc) is 2.45. The van der Waals surface area contributed by atoms with Crippen molar-refractivity contribution in [1.82, 2.24) is 0 Å². The number of aryl methyl sites for hydroxylation is 1. The zero-order valence-electron chi connectivity index (χ0n) is 13.1. The van der Waals surface area contributed by atoms with Gasteiger partial charge in [-0.3, -0.25) is 4.42 Å². The molecule has 0 aliphatic carbocycles. The number of hydrogen-bond donors (Lipinski definition) is 0. The first-order valence-corrected chi connectivity index (χ1v) is 7.67. The zero-order valence-corrected chi connectivity index (χ0v) is 13.8. The molecule has 9 heteroatoms. The van der Waals surface area contributed by atoms with E-state index in [1.54, 1.807) is 14.2 Å². The molecule has 23 heavy (non-hydrogen) atoms. The molecular weight excluding hydrogens is 332 g/mol. The lowest BCUT2D eigenvalue weighted by Gasteiger charge is -2.17. The van der Waals surface area contributed by atoms with Crippen molar-refractivity contribution in [1.29, 1.82) is 0 Å². The zero-order chi connectivity index (χ0) is 17.6. The Bertz CT molecular complexity index is 647. The third-order valence-electron chi connectivity index (χ3n) is 2.74. The monoisotopic (exact) mass is 348 g/mol. The van der Waals surface area contributed by atoms with Crippen molar-refractivity contribution in [2.75, 3.05) is 20.8 Å². The number of hydrogen-bond acceptors (Lipinski definition) is 7. The summed E-state index contributed by atoms with van der Waals surface area (Å²) in [6, 6.07) is 5.68. The average molecular weight is 349 g/mol. The largest absolute Gasteiger partial charge is 0.518 e. The smallest absolute Gasteiger partial charge is 0.493 e. The maximum absolute atomic E-state index is 8.49. The molecule has 1 heterocycles. The molecule has 0 unspecified atom stereocenters. The van der Waals surface area contributed by atoms with E-state index in [1.165, 1.54) is 0 Å². The standard InChI is InChI=1S/C14H17O4.ClHO4/c1-5-17-13-8-11-9(2)18-14(16-4)7-10(11)6-12(13)15-3;2-1(3,4)5/h6-8H,5H2,1-4H3;(H,2,3,4,5)/q+1;/p-1. The van der Waals surface area contributed by atoms with Crippen LogP contribution in [0.3, 0.4) is 0 Å². The minimum absolute atomic E-state index is 0.478. The minimum atomic E-state index is -4.94. The molecule has 0 fully saturated rings. The molecule has 128 valence electrons. The highest BCUT2D eigenvalue weighted by atomic mass is 35.7. The van der Waals surface area contributed by atoms with E-state index < -0.39 is 10.2 Å². The van der Waals surface area contributed by atoms with Crippen LogP contribution in [0.2, 0.25) is 0 Å². The molecule has 0 amide bonds. The van der Waals surface area contributed by atoms with Crippen LogP contribution >= 0.6 is 0 Å². The van der Waals surface area contributed by atoms with Crippen molar-refractivity contribution >= 4 is 10.8 Å². The Hall–Kier alpha value is -1.84. The predicted molar refractivity (Wildman–Crippen MR) is 69.6 cm³/mol. The van der Waals surface area contributed by atoms with Crippen LogP contribution in [0.15, 0.2) is 22.6 Å². The van der Waals surface area contributed by atoms with Gasteiger partial charge in [0.25, 0.3) is 0 Å². The molecule has 2 aromatic rings. The summed E-state index contributed by atoms with van der Waals surface area (Å²) >= 11 is 0. The van der Waals surface area contributed by atoms with E-state index >= 15 is 0 Å². The molecule has 0 N–H and O–H groups in total. The van der Waals surface area contributed by atoms with Crippen molar-refractivity contribution in [3.8, 4) is 17.4 Å². The molecule has 0 bridgehead atoms. The molecule has 0 saturated carbocycles. The van der Waals surface area contributed by atoms with Gasteiger partial charge in [-0.2, -0.15) is 0 Å². The van der Waals surface area contributed by atoms with Gasteiger partial charge in [0.2, 0.25) is 5.76 Å².